The van der Waals surface area contributed by atoms with Gasteiger partial charge in [-0.2, -0.15) is 0 Å². The summed E-state index contributed by atoms with van der Waals surface area (Å²) in [5, 5.41) is 28.7. The van der Waals surface area contributed by atoms with Crippen molar-refractivity contribution in [1.29, 1.82) is 0 Å². The molecular weight excluding hydrogens is 252 g/mol. The van der Waals surface area contributed by atoms with Crippen LogP contribution in [0.2, 0.25) is 0 Å². The minimum Gasteiger partial charge on any atom is -0.478 e. The Bertz CT molecular complexity index is 475. The Kier molecular flexibility index (Phi) is 5.25. The van der Waals surface area contributed by atoms with Crippen LogP contribution in [0.5, 0.6) is 0 Å². The average Bonchev–Trinajstić information content (AvgIpc) is 2.39. The number of aliphatic hydroxyl groups is 1. The van der Waals surface area contributed by atoms with Crippen molar-refractivity contribution >= 4 is 17.3 Å². The number of nitrogens with zero attached hydrogens (tertiary/aromatic N) is 2. The summed E-state index contributed by atoms with van der Waals surface area (Å²) < 4.78 is 0. The van der Waals surface area contributed by atoms with Gasteiger partial charge in [0.1, 0.15) is 5.69 Å². The van der Waals surface area contributed by atoms with Crippen molar-refractivity contribution in [2.75, 3.05) is 24.6 Å². The number of hydrogen-bond acceptors (Lipinski definition) is 5. The highest BCUT2D eigenvalue weighted by molar-refractivity contribution is 5.89. The Morgan fingerprint density at radius 2 is 2.16 bits per heavy atom. The Hall–Kier alpha value is -2.15. The molecule has 1 rings (SSSR count). The van der Waals surface area contributed by atoms with Crippen LogP contribution in [0.15, 0.2) is 18.2 Å². The lowest BCUT2D eigenvalue weighted by molar-refractivity contribution is -0.384. The zero-order valence-electron chi connectivity index (χ0n) is 10.6. The van der Waals surface area contributed by atoms with Crippen LogP contribution in [0.25, 0.3) is 0 Å². The maximum Gasteiger partial charge on any atom is 0.335 e. The summed E-state index contributed by atoms with van der Waals surface area (Å²) in [6.45, 7) is 2.84. The van der Waals surface area contributed by atoms with Crippen molar-refractivity contribution in [2.45, 2.75) is 13.3 Å². The second-order valence-electron chi connectivity index (χ2n) is 3.92. The van der Waals surface area contributed by atoms with Crippen LogP contribution < -0.4 is 4.90 Å². The molecule has 0 atom stereocenters. The third-order valence-corrected chi connectivity index (χ3v) is 2.73. The molecule has 19 heavy (non-hydrogen) atoms. The number of benzene rings is 1. The van der Waals surface area contributed by atoms with Crippen LogP contribution in [0.4, 0.5) is 11.4 Å². The number of carboxylic acids is 1. The largest absolute Gasteiger partial charge is 0.478 e. The van der Waals surface area contributed by atoms with Gasteiger partial charge < -0.3 is 15.1 Å². The second-order valence-corrected chi connectivity index (χ2v) is 3.92. The molecule has 104 valence electrons. The lowest BCUT2D eigenvalue weighted by atomic mass is 10.1. The van der Waals surface area contributed by atoms with Crippen molar-refractivity contribution in [3.63, 3.8) is 0 Å². The Morgan fingerprint density at radius 1 is 1.47 bits per heavy atom. The summed E-state index contributed by atoms with van der Waals surface area (Å²) in [4.78, 5) is 23.0. The predicted octanol–water partition coefficient (Wildman–Crippen LogP) is 1.50. The molecule has 7 heteroatoms. The van der Waals surface area contributed by atoms with E-state index in [1.54, 1.807) is 4.90 Å². The van der Waals surface area contributed by atoms with Crippen molar-refractivity contribution in [3.05, 3.63) is 33.9 Å². The molecule has 0 fully saturated rings. The van der Waals surface area contributed by atoms with Gasteiger partial charge in [-0.05, 0) is 25.5 Å². The first-order valence-corrected chi connectivity index (χ1v) is 5.88. The molecule has 0 bridgehead atoms. The Morgan fingerprint density at radius 3 is 2.63 bits per heavy atom. The average molecular weight is 268 g/mol. The molecule has 0 spiro atoms. The highest BCUT2D eigenvalue weighted by Crippen LogP contribution is 2.29. The van der Waals surface area contributed by atoms with Crippen LogP contribution in [0, 0.1) is 10.1 Å². The van der Waals surface area contributed by atoms with E-state index in [0.717, 1.165) is 6.07 Å². The fourth-order valence-electron chi connectivity index (χ4n) is 1.78. The maximum absolute atomic E-state index is 11.0. The van der Waals surface area contributed by atoms with Crippen molar-refractivity contribution in [1.82, 2.24) is 0 Å². The van der Waals surface area contributed by atoms with Gasteiger partial charge >= 0.3 is 5.97 Å². The van der Waals surface area contributed by atoms with Crippen LogP contribution in [-0.4, -0.2) is 40.8 Å². The third kappa shape index (κ3) is 3.65. The van der Waals surface area contributed by atoms with Gasteiger partial charge in [-0.15, -0.1) is 0 Å². The summed E-state index contributed by atoms with van der Waals surface area (Å²) in [6, 6.07) is 3.83. The molecule has 2 N–H and O–H groups in total. The molecule has 1 aromatic rings. The van der Waals surface area contributed by atoms with Gasteiger partial charge in [-0.25, -0.2) is 4.79 Å². The minimum absolute atomic E-state index is 0.00247. The number of nitro benzene ring substituents is 1. The third-order valence-electron chi connectivity index (χ3n) is 2.73. The van der Waals surface area contributed by atoms with Crippen molar-refractivity contribution < 1.29 is 19.9 Å². The molecular formula is C12H16N2O5. The number of carboxylic acid groups (broad SMARTS) is 1. The highest BCUT2D eigenvalue weighted by Gasteiger charge is 2.20. The summed E-state index contributed by atoms with van der Waals surface area (Å²) in [5.74, 6) is -1.20. The molecule has 0 aromatic heterocycles. The van der Waals surface area contributed by atoms with Gasteiger partial charge in [0.15, 0.2) is 0 Å². The van der Waals surface area contributed by atoms with E-state index in [0.29, 0.717) is 25.2 Å². The zero-order chi connectivity index (χ0) is 14.4. The first kappa shape index (κ1) is 14.9. The number of nitro groups is 1. The number of rotatable bonds is 7. The van der Waals surface area contributed by atoms with E-state index in [-0.39, 0.29) is 17.9 Å². The number of anilines is 1. The quantitative estimate of drug-likeness (QED) is 0.573. The SMILES string of the molecule is CCN(CCCO)c1ccc(C(=O)O)cc1[N+](=O)[O-]. The normalized spacial score (nSPS) is 10.2. The number of aromatic carboxylic acids is 1. The van der Waals surface area contributed by atoms with E-state index in [1.807, 2.05) is 6.92 Å². The highest BCUT2D eigenvalue weighted by atomic mass is 16.6. The maximum atomic E-state index is 11.0. The zero-order valence-corrected chi connectivity index (χ0v) is 10.6. The van der Waals surface area contributed by atoms with Gasteiger partial charge in [0.05, 0.1) is 10.5 Å². The Labute approximate surface area is 110 Å². The molecule has 1 aromatic carbocycles. The molecule has 0 aliphatic heterocycles. The van der Waals surface area contributed by atoms with Crippen LogP contribution in [0.1, 0.15) is 23.7 Å². The van der Waals surface area contributed by atoms with E-state index in [4.69, 9.17) is 10.2 Å². The Balaban J connectivity index is 3.17. The minimum atomic E-state index is -1.20. The van der Waals surface area contributed by atoms with E-state index in [1.165, 1.54) is 12.1 Å². The van der Waals surface area contributed by atoms with E-state index >= 15 is 0 Å². The lowest BCUT2D eigenvalue weighted by Crippen LogP contribution is -2.25. The van der Waals surface area contributed by atoms with Crippen LogP contribution in [-0.2, 0) is 0 Å². The molecule has 0 saturated heterocycles. The van der Waals surface area contributed by atoms with Crippen LogP contribution >= 0.6 is 0 Å². The van der Waals surface area contributed by atoms with Gasteiger partial charge in [-0.3, -0.25) is 10.1 Å². The summed E-state index contributed by atoms with van der Waals surface area (Å²) in [5.41, 5.74) is 0.0132. The second kappa shape index (κ2) is 6.69. The standard InChI is InChI=1S/C12H16N2O5/c1-2-13(6-3-7-15)10-5-4-9(12(16)17)8-11(10)14(18)19/h4-5,8,15H,2-3,6-7H2,1H3,(H,16,17). The molecule has 0 unspecified atom stereocenters. The molecule has 0 amide bonds. The first-order chi connectivity index (χ1) is 9.01. The van der Waals surface area contributed by atoms with Gasteiger partial charge in [0.2, 0.25) is 0 Å². The fraction of sp³-hybridized carbons (Fsp3) is 0.417. The first-order valence-electron chi connectivity index (χ1n) is 5.88. The summed E-state index contributed by atoms with van der Waals surface area (Å²) in [6.07, 6.45) is 0.492. The number of hydrogen-bond donors (Lipinski definition) is 2. The monoisotopic (exact) mass is 268 g/mol. The molecule has 0 heterocycles. The lowest BCUT2D eigenvalue weighted by Gasteiger charge is -2.22. The van der Waals surface area contributed by atoms with Crippen LogP contribution in [0.3, 0.4) is 0 Å². The fourth-order valence-corrected chi connectivity index (χ4v) is 1.78. The van der Waals surface area contributed by atoms with E-state index in [9.17, 15) is 14.9 Å². The predicted molar refractivity (Wildman–Crippen MR) is 69.6 cm³/mol. The summed E-state index contributed by atoms with van der Waals surface area (Å²) in [7, 11) is 0. The van der Waals surface area contributed by atoms with Gasteiger partial charge in [-0.1, -0.05) is 0 Å². The van der Waals surface area contributed by atoms with E-state index < -0.39 is 10.9 Å². The van der Waals surface area contributed by atoms with Gasteiger partial charge in [0, 0.05) is 25.8 Å². The molecule has 0 aliphatic carbocycles. The molecule has 0 saturated carbocycles. The summed E-state index contributed by atoms with van der Waals surface area (Å²) >= 11 is 0. The number of aliphatic hydroxyl groups excluding tert-OH is 1. The topological polar surface area (TPSA) is 104 Å². The van der Waals surface area contributed by atoms with E-state index in [2.05, 4.69) is 0 Å². The van der Waals surface area contributed by atoms with Crippen molar-refractivity contribution in [2.24, 2.45) is 0 Å². The molecule has 0 radical (unpaired) electrons. The van der Waals surface area contributed by atoms with Crippen molar-refractivity contribution in [3.8, 4) is 0 Å². The number of carbonyl (C=O) groups is 1. The molecule has 0 aliphatic rings. The molecule has 7 nitrogen and oxygen atoms in total. The smallest absolute Gasteiger partial charge is 0.335 e. The van der Waals surface area contributed by atoms with Gasteiger partial charge in [0.25, 0.3) is 5.69 Å².